The van der Waals surface area contributed by atoms with Crippen molar-refractivity contribution in [1.29, 1.82) is 0 Å². The fraction of sp³-hybridized carbons (Fsp3) is 1.00. The normalized spacial score (nSPS) is 19.3. The van der Waals surface area contributed by atoms with Crippen molar-refractivity contribution in [3.8, 4) is 0 Å². The highest BCUT2D eigenvalue weighted by Gasteiger charge is 2.40. The van der Waals surface area contributed by atoms with E-state index < -0.39 is 8.72 Å². The van der Waals surface area contributed by atoms with Crippen LogP contribution in [0.3, 0.4) is 0 Å². The van der Waals surface area contributed by atoms with Gasteiger partial charge in [-0.1, -0.05) is 19.3 Å². The predicted molar refractivity (Wildman–Crippen MR) is 69.5 cm³/mol. The molecule has 0 atom stereocenters. The van der Waals surface area contributed by atoms with Crippen molar-refractivity contribution in [2.75, 3.05) is 20.3 Å². The van der Waals surface area contributed by atoms with E-state index in [0.29, 0.717) is 6.04 Å². The molecule has 1 aliphatic carbocycles. The summed E-state index contributed by atoms with van der Waals surface area (Å²) in [6.45, 7) is 7.78. The average molecular weight is 245 g/mol. The Balaban J connectivity index is 2.60. The third kappa shape index (κ3) is 3.55. The van der Waals surface area contributed by atoms with Crippen molar-refractivity contribution in [3.05, 3.63) is 0 Å². The molecule has 0 spiro atoms. The SMILES string of the molecule is CCO[Si](C)(OCC)N(C)C1CCCCC1. The van der Waals surface area contributed by atoms with Crippen LogP contribution in [0, 0.1) is 0 Å². The van der Waals surface area contributed by atoms with Crippen LogP contribution in [-0.2, 0) is 8.85 Å². The lowest BCUT2D eigenvalue weighted by Gasteiger charge is -2.41. The Morgan fingerprint density at radius 2 is 1.56 bits per heavy atom. The zero-order valence-corrected chi connectivity index (χ0v) is 12.3. The molecule has 0 bridgehead atoms. The maximum absolute atomic E-state index is 5.93. The predicted octanol–water partition coefficient (Wildman–Crippen LogP) is 2.89. The highest BCUT2D eigenvalue weighted by molar-refractivity contribution is 6.63. The van der Waals surface area contributed by atoms with Crippen molar-refractivity contribution in [1.82, 2.24) is 4.57 Å². The third-order valence-electron chi connectivity index (χ3n) is 3.59. The molecule has 0 aromatic rings. The molecule has 16 heavy (non-hydrogen) atoms. The Morgan fingerprint density at radius 1 is 1.06 bits per heavy atom. The van der Waals surface area contributed by atoms with Crippen molar-refractivity contribution >= 4 is 8.72 Å². The number of hydrogen-bond donors (Lipinski definition) is 0. The lowest BCUT2D eigenvalue weighted by molar-refractivity contribution is 0.109. The van der Waals surface area contributed by atoms with Gasteiger partial charge in [0.1, 0.15) is 0 Å². The van der Waals surface area contributed by atoms with E-state index in [2.05, 4.69) is 32.0 Å². The van der Waals surface area contributed by atoms with E-state index in [0.717, 1.165) is 13.2 Å². The Morgan fingerprint density at radius 3 is 2.00 bits per heavy atom. The lowest BCUT2D eigenvalue weighted by atomic mass is 9.96. The van der Waals surface area contributed by atoms with Crippen molar-refractivity contribution in [2.24, 2.45) is 0 Å². The van der Waals surface area contributed by atoms with E-state index in [1.54, 1.807) is 0 Å². The van der Waals surface area contributed by atoms with Gasteiger partial charge in [0, 0.05) is 19.3 Å². The smallest absolute Gasteiger partial charge is 0.383 e. The molecule has 0 aliphatic heterocycles. The lowest BCUT2D eigenvalue weighted by Crippen LogP contribution is -2.58. The van der Waals surface area contributed by atoms with Gasteiger partial charge in [0.2, 0.25) is 0 Å². The van der Waals surface area contributed by atoms with E-state index in [1.165, 1.54) is 32.1 Å². The monoisotopic (exact) mass is 245 g/mol. The van der Waals surface area contributed by atoms with Gasteiger partial charge in [-0.3, -0.25) is 4.57 Å². The zero-order chi connectivity index (χ0) is 12.0. The maximum Gasteiger partial charge on any atom is 0.424 e. The standard InChI is InChI=1S/C12H27NO2Si/c1-5-14-16(4,15-6-2)13(3)12-10-8-7-9-11-12/h12H,5-11H2,1-4H3. The molecule has 3 nitrogen and oxygen atoms in total. The molecular formula is C12H27NO2Si. The fourth-order valence-corrected chi connectivity index (χ4v) is 5.06. The van der Waals surface area contributed by atoms with Gasteiger partial charge in [0.25, 0.3) is 0 Å². The van der Waals surface area contributed by atoms with Crippen molar-refractivity contribution in [2.45, 2.75) is 58.5 Å². The molecule has 0 amide bonds. The van der Waals surface area contributed by atoms with Crippen molar-refractivity contribution in [3.63, 3.8) is 0 Å². The van der Waals surface area contributed by atoms with E-state index >= 15 is 0 Å². The van der Waals surface area contributed by atoms with E-state index in [9.17, 15) is 0 Å². The van der Waals surface area contributed by atoms with E-state index in [4.69, 9.17) is 8.85 Å². The van der Waals surface area contributed by atoms with Gasteiger partial charge in [-0.25, -0.2) is 0 Å². The fourth-order valence-electron chi connectivity index (χ4n) is 2.58. The maximum atomic E-state index is 5.93. The van der Waals surface area contributed by atoms with Gasteiger partial charge in [0.15, 0.2) is 0 Å². The first kappa shape index (κ1) is 14.2. The minimum atomic E-state index is -2.11. The topological polar surface area (TPSA) is 21.7 Å². The summed E-state index contributed by atoms with van der Waals surface area (Å²) in [5.41, 5.74) is 0. The Bertz CT molecular complexity index is 189. The molecule has 4 heteroatoms. The molecule has 0 heterocycles. The molecule has 0 radical (unpaired) electrons. The van der Waals surface area contributed by atoms with Gasteiger partial charge in [-0.15, -0.1) is 0 Å². The summed E-state index contributed by atoms with van der Waals surface area (Å²) in [4.78, 5) is 0. The molecule has 0 saturated heterocycles. The Labute approximate surface area is 101 Å². The molecule has 1 saturated carbocycles. The van der Waals surface area contributed by atoms with E-state index in [1.807, 2.05) is 0 Å². The van der Waals surface area contributed by atoms with Crippen LogP contribution in [0.5, 0.6) is 0 Å². The summed E-state index contributed by atoms with van der Waals surface area (Å²) >= 11 is 0. The minimum Gasteiger partial charge on any atom is -0.383 e. The van der Waals surface area contributed by atoms with Crippen LogP contribution in [0.4, 0.5) is 0 Å². The molecule has 1 fully saturated rings. The van der Waals surface area contributed by atoms with Gasteiger partial charge < -0.3 is 8.85 Å². The highest BCUT2D eigenvalue weighted by Crippen LogP contribution is 2.26. The quantitative estimate of drug-likeness (QED) is 0.672. The van der Waals surface area contributed by atoms with Crippen LogP contribution >= 0.6 is 0 Å². The van der Waals surface area contributed by atoms with Gasteiger partial charge >= 0.3 is 8.72 Å². The van der Waals surface area contributed by atoms with Crippen molar-refractivity contribution < 1.29 is 8.85 Å². The van der Waals surface area contributed by atoms with Crippen LogP contribution in [0.2, 0.25) is 6.55 Å². The average Bonchev–Trinajstić information content (AvgIpc) is 2.30. The molecule has 0 N–H and O–H groups in total. The zero-order valence-electron chi connectivity index (χ0n) is 11.3. The Kier molecular flexibility index (Phi) is 5.96. The first-order chi connectivity index (χ1) is 7.64. The summed E-state index contributed by atoms with van der Waals surface area (Å²) in [6.07, 6.45) is 6.72. The second-order valence-electron chi connectivity index (χ2n) is 4.67. The first-order valence-electron chi connectivity index (χ1n) is 6.65. The summed E-state index contributed by atoms with van der Waals surface area (Å²) < 4.78 is 14.3. The van der Waals surface area contributed by atoms with Crippen LogP contribution in [0.1, 0.15) is 46.0 Å². The van der Waals surface area contributed by atoms with Gasteiger partial charge in [0.05, 0.1) is 0 Å². The van der Waals surface area contributed by atoms with Gasteiger partial charge in [-0.2, -0.15) is 0 Å². The second kappa shape index (κ2) is 6.74. The van der Waals surface area contributed by atoms with Crippen LogP contribution < -0.4 is 0 Å². The number of hydrogen-bond acceptors (Lipinski definition) is 3. The molecule has 0 aromatic heterocycles. The minimum absolute atomic E-state index is 0.670. The summed E-state index contributed by atoms with van der Waals surface area (Å²) in [7, 11) is 0.0811. The molecular weight excluding hydrogens is 218 g/mol. The molecule has 1 aliphatic rings. The molecule has 1 rings (SSSR count). The van der Waals surface area contributed by atoms with Crippen LogP contribution in [0.25, 0.3) is 0 Å². The number of nitrogens with zero attached hydrogens (tertiary/aromatic N) is 1. The largest absolute Gasteiger partial charge is 0.424 e. The molecule has 96 valence electrons. The van der Waals surface area contributed by atoms with Crippen LogP contribution in [0.15, 0.2) is 0 Å². The Hall–Kier alpha value is 0.0969. The second-order valence-corrected chi connectivity index (χ2v) is 7.74. The summed E-state index contributed by atoms with van der Waals surface area (Å²) in [5, 5.41) is 0. The van der Waals surface area contributed by atoms with Crippen LogP contribution in [-0.4, -0.2) is 39.6 Å². The highest BCUT2D eigenvalue weighted by atomic mass is 28.4. The number of rotatable bonds is 6. The molecule has 0 unspecified atom stereocenters. The first-order valence-corrected chi connectivity index (χ1v) is 8.91. The summed E-state index contributed by atoms with van der Waals surface area (Å²) in [5.74, 6) is 0. The molecule has 0 aromatic carbocycles. The summed E-state index contributed by atoms with van der Waals surface area (Å²) in [6, 6.07) is 0.670. The van der Waals surface area contributed by atoms with E-state index in [-0.39, 0.29) is 0 Å². The van der Waals surface area contributed by atoms with Gasteiger partial charge in [-0.05, 0) is 40.3 Å². The third-order valence-corrected chi connectivity index (χ3v) is 6.88.